The molecule has 0 aromatic heterocycles. The van der Waals surface area contributed by atoms with Gasteiger partial charge in [-0.2, -0.15) is 0 Å². The normalized spacial score (nSPS) is 12.1. The number of carbonyl (C=O) groups is 2. The SMILES string of the molecule is CCCCCCCCCCCC(CCCCCCCCCCCCCCCCCC(=O)O)CCCCCC(=O)O. The molecular formula is C36H70O4. The third-order valence-electron chi connectivity index (χ3n) is 8.72. The Morgan fingerprint density at radius 2 is 0.600 bits per heavy atom. The summed E-state index contributed by atoms with van der Waals surface area (Å²) in [6, 6.07) is 0. The number of aliphatic carboxylic acids is 2. The quantitative estimate of drug-likeness (QED) is 0.0759. The first-order valence-electron chi connectivity index (χ1n) is 18.0. The molecule has 0 spiro atoms. The predicted octanol–water partition coefficient (Wildman–Crippen LogP) is 12.3. The number of rotatable bonds is 34. The number of hydrogen-bond acceptors (Lipinski definition) is 2. The van der Waals surface area contributed by atoms with Gasteiger partial charge in [0.15, 0.2) is 0 Å². The average molecular weight is 567 g/mol. The zero-order chi connectivity index (χ0) is 29.4. The smallest absolute Gasteiger partial charge is 0.303 e. The van der Waals surface area contributed by atoms with Gasteiger partial charge in [0, 0.05) is 12.8 Å². The second kappa shape index (κ2) is 32.5. The first-order chi connectivity index (χ1) is 19.6. The second-order valence-electron chi connectivity index (χ2n) is 12.7. The molecule has 4 nitrogen and oxygen atoms in total. The Morgan fingerprint density at radius 1 is 0.375 bits per heavy atom. The van der Waals surface area contributed by atoms with E-state index >= 15 is 0 Å². The Morgan fingerprint density at radius 3 is 0.875 bits per heavy atom. The molecule has 0 bridgehead atoms. The Hall–Kier alpha value is -1.06. The van der Waals surface area contributed by atoms with E-state index in [-0.39, 0.29) is 0 Å². The van der Waals surface area contributed by atoms with E-state index in [4.69, 9.17) is 10.2 Å². The number of hydrogen-bond donors (Lipinski definition) is 2. The minimum atomic E-state index is -0.661. The summed E-state index contributed by atoms with van der Waals surface area (Å²) in [6.45, 7) is 2.29. The van der Waals surface area contributed by atoms with Gasteiger partial charge >= 0.3 is 11.9 Å². The molecule has 0 rings (SSSR count). The van der Waals surface area contributed by atoms with Gasteiger partial charge in [-0.05, 0) is 18.8 Å². The molecule has 0 heterocycles. The molecule has 238 valence electrons. The Bertz CT molecular complexity index is 533. The highest BCUT2D eigenvalue weighted by atomic mass is 16.4. The van der Waals surface area contributed by atoms with Crippen molar-refractivity contribution in [1.82, 2.24) is 0 Å². The third kappa shape index (κ3) is 33.1. The van der Waals surface area contributed by atoms with Crippen LogP contribution in [0, 0.1) is 5.92 Å². The van der Waals surface area contributed by atoms with E-state index in [2.05, 4.69) is 6.92 Å². The minimum absolute atomic E-state index is 0.331. The lowest BCUT2D eigenvalue weighted by Gasteiger charge is -2.17. The van der Waals surface area contributed by atoms with E-state index < -0.39 is 11.9 Å². The highest BCUT2D eigenvalue weighted by Crippen LogP contribution is 2.25. The highest BCUT2D eigenvalue weighted by Gasteiger charge is 2.09. The molecule has 0 aliphatic heterocycles. The molecule has 0 aromatic rings. The van der Waals surface area contributed by atoms with E-state index in [0.717, 1.165) is 31.6 Å². The zero-order valence-corrected chi connectivity index (χ0v) is 26.9. The molecule has 0 aliphatic rings. The second-order valence-corrected chi connectivity index (χ2v) is 12.7. The van der Waals surface area contributed by atoms with E-state index in [9.17, 15) is 9.59 Å². The van der Waals surface area contributed by atoms with Gasteiger partial charge in [0.2, 0.25) is 0 Å². The van der Waals surface area contributed by atoms with Gasteiger partial charge in [0.25, 0.3) is 0 Å². The fraction of sp³-hybridized carbons (Fsp3) is 0.944. The molecule has 1 atom stereocenters. The van der Waals surface area contributed by atoms with Crippen LogP contribution in [0.25, 0.3) is 0 Å². The first kappa shape index (κ1) is 38.9. The molecule has 4 heteroatoms. The monoisotopic (exact) mass is 567 g/mol. The maximum atomic E-state index is 10.8. The lowest BCUT2D eigenvalue weighted by Crippen LogP contribution is -2.02. The molecule has 0 aliphatic carbocycles. The van der Waals surface area contributed by atoms with Crippen LogP contribution in [-0.2, 0) is 9.59 Å². The summed E-state index contributed by atoms with van der Waals surface area (Å²) in [5.41, 5.74) is 0. The van der Waals surface area contributed by atoms with E-state index in [0.29, 0.717) is 12.8 Å². The standard InChI is InChI=1S/C36H70O4/c1-2-3-4-5-6-14-17-20-24-29-34(31-26-23-28-33-36(39)40)30-25-21-18-15-12-10-8-7-9-11-13-16-19-22-27-32-35(37)38/h34H,2-33H2,1H3,(H,37,38)(H,39,40). The maximum absolute atomic E-state index is 10.8. The van der Waals surface area contributed by atoms with Gasteiger partial charge in [0.05, 0.1) is 0 Å². The predicted molar refractivity (Wildman–Crippen MR) is 172 cm³/mol. The Balaban J connectivity index is 3.70. The molecule has 0 saturated heterocycles. The summed E-state index contributed by atoms with van der Waals surface area (Å²) in [5, 5.41) is 17.5. The summed E-state index contributed by atoms with van der Waals surface area (Å²) in [7, 11) is 0. The topological polar surface area (TPSA) is 74.6 Å². The number of carboxylic acid groups (broad SMARTS) is 2. The van der Waals surface area contributed by atoms with Crippen molar-refractivity contribution >= 4 is 11.9 Å². The van der Waals surface area contributed by atoms with Crippen LogP contribution in [0.1, 0.15) is 212 Å². The molecule has 2 N–H and O–H groups in total. The van der Waals surface area contributed by atoms with Crippen molar-refractivity contribution < 1.29 is 19.8 Å². The summed E-state index contributed by atoms with van der Waals surface area (Å²) in [4.78, 5) is 21.3. The van der Waals surface area contributed by atoms with Crippen molar-refractivity contribution in [2.24, 2.45) is 5.92 Å². The van der Waals surface area contributed by atoms with Gasteiger partial charge in [0.1, 0.15) is 0 Å². The lowest BCUT2D eigenvalue weighted by atomic mass is 9.89. The van der Waals surface area contributed by atoms with Crippen LogP contribution in [0.3, 0.4) is 0 Å². The van der Waals surface area contributed by atoms with Gasteiger partial charge in [-0.25, -0.2) is 0 Å². The van der Waals surface area contributed by atoms with E-state index in [1.54, 1.807) is 0 Å². The largest absolute Gasteiger partial charge is 0.481 e. The summed E-state index contributed by atoms with van der Waals surface area (Å²) in [5.74, 6) is -0.449. The maximum Gasteiger partial charge on any atom is 0.303 e. The van der Waals surface area contributed by atoms with Crippen molar-refractivity contribution in [3.05, 3.63) is 0 Å². The molecule has 0 saturated carbocycles. The van der Waals surface area contributed by atoms with Crippen molar-refractivity contribution in [1.29, 1.82) is 0 Å². The van der Waals surface area contributed by atoms with Crippen LogP contribution < -0.4 is 0 Å². The first-order valence-corrected chi connectivity index (χ1v) is 18.0. The Labute approximate surface area is 249 Å². The summed E-state index contributed by atoms with van der Waals surface area (Å²) < 4.78 is 0. The van der Waals surface area contributed by atoms with Crippen LogP contribution in [-0.4, -0.2) is 22.2 Å². The minimum Gasteiger partial charge on any atom is -0.481 e. The van der Waals surface area contributed by atoms with Crippen molar-refractivity contribution in [2.45, 2.75) is 212 Å². The van der Waals surface area contributed by atoms with Crippen LogP contribution in [0.5, 0.6) is 0 Å². The van der Waals surface area contributed by atoms with Crippen LogP contribution in [0.4, 0.5) is 0 Å². The van der Waals surface area contributed by atoms with Crippen molar-refractivity contribution in [3.63, 3.8) is 0 Å². The molecule has 0 fully saturated rings. The zero-order valence-electron chi connectivity index (χ0n) is 26.9. The fourth-order valence-corrected chi connectivity index (χ4v) is 6.07. The van der Waals surface area contributed by atoms with E-state index in [1.807, 2.05) is 0 Å². The summed E-state index contributed by atoms with van der Waals surface area (Å²) in [6.07, 6.45) is 40.0. The van der Waals surface area contributed by atoms with Crippen LogP contribution >= 0.6 is 0 Å². The fourth-order valence-electron chi connectivity index (χ4n) is 6.07. The van der Waals surface area contributed by atoms with Gasteiger partial charge in [-0.15, -0.1) is 0 Å². The highest BCUT2D eigenvalue weighted by molar-refractivity contribution is 5.66. The summed E-state index contributed by atoms with van der Waals surface area (Å²) >= 11 is 0. The third-order valence-corrected chi connectivity index (χ3v) is 8.72. The Kier molecular flexibility index (Phi) is 31.6. The van der Waals surface area contributed by atoms with Crippen LogP contribution in [0.15, 0.2) is 0 Å². The molecular weight excluding hydrogens is 496 g/mol. The van der Waals surface area contributed by atoms with E-state index in [1.165, 1.54) is 167 Å². The molecule has 0 amide bonds. The molecule has 40 heavy (non-hydrogen) atoms. The number of carboxylic acids is 2. The molecule has 1 unspecified atom stereocenters. The van der Waals surface area contributed by atoms with Crippen molar-refractivity contribution in [2.75, 3.05) is 0 Å². The number of unbranched alkanes of at least 4 members (excludes halogenated alkanes) is 24. The molecule has 0 aromatic carbocycles. The van der Waals surface area contributed by atoms with Gasteiger partial charge < -0.3 is 10.2 Å². The van der Waals surface area contributed by atoms with Gasteiger partial charge in [-0.1, -0.05) is 187 Å². The molecule has 0 radical (unpaired) electrons. The van der Waals surface area contributed by atoms with Crippen molar-refractivity contribution in [3.8, 4) is 0 Å². The lowest BCUT2D eigenvalue weighted by molar-refractivity contribution is -0.138. The van der Waals surface area contributed by atoms with Crippen LogP contribution in [0.2, 0.25) is 0 Å². The average Bonchev–Trinajstić information content (AvgIpc) is 2.92. The van der Waals surface area contributed by atoms with Gasteiger partial charge in [-0.3, -0.25) is 9.59 Å².